The van der Waals surface area contributed by atoms with E-state index in [2.05, 4.69) is 9.72 Å². The van der Waals surface area contributed by atoms with Crippen molar-refractivity contribution in [3.8, 4) is 0 Å². The van der Waals surface area contributed by atoms with Crippen molar-refractivity contribution in [3.63, 3.8) is 0 Å². The first-order chi connectivity index (χ1) is 7.24. The maximum absolute atomic E-state index is 11.4. The van der Waals surface area contributed by atoms with Crippen LogP contribution < -0.4 is 0 Å². The Bertz CT molecular complexity index is 378. The van der Waals surface area contributed by atoms with Crippen molar-refractivity contribution in [3.05, 3.63) is 29.6 Å². The second-order valence-corrected chi connectivity index (χ2v) is 3.69. The smallest absolute Gasteiger partial charge is 0.311 e. The maximum atomic E-state index is 11.4. The molecule has 0 amide bonds. The molecule has 2 unspecified atom stereocenters. The van der Waals surface area contributed by atoms with Gasteiger partial charge >= 0.3 is 5.97 Å². The summed E-state index contributed by atoms with van der Waals surface area (Å²) in [6.07, 6.45) is 3.99. The number of pyridine rings is 1. The fourth-order valence-electron chi connectivity index (χ4n) is 2.02. The lowest BCUT2D eigenvalue weighted by molar-refractivity contribution is -0.150. The molecule has 0 aromatic carbocycles. The zero-order chi connectivity index (χ0) is 10.8. The minimum absolute atomic E-state index is 0.343. The second kappa shape index (κ2) is 3.98. The Morgan fingerprint density at radius 2 is 2.47 bits per heavy atom. The van der Waals surface area contributed by atoms with E-state index in [0.29, 0.717) is 6.42 Å². The van der Waals surface area contributed by atoms with Crippen molar-refractivity contribution in [1.29, 1.82) is 0 Å². The van der Waals surface area contributed by atoms with Gasteiger partial charge in [0, 0.05) is 12.4 Å². The number of esters is 1. The Kier molecular flexibility index (Phi) is 2.68. The van der Waals surface area contributed by atoms with E-state index in [1.54, 1.807) is 18.5 Å². The summed E-state index contributed by atoms with van der Waals surface area (Å²) in [6, 6.07) is 1.76. The number of carbonyl (C=O) groups is 1. The van der Waals surface area contributed by atoms with E-state index in [-0.39, 0.29) is 5.97 Å². The number of nitrogens with zero attached hydrogens (tertiary/aromatic N) is 1. The van der Waals surface area contributed by atoms with Crippen LogP contribution in [-0.4, -0.2) is 23.2 Å². The quantitative estimate of drug-likeness (QED) is 0.693. The Balaban J connectivity index is 2.29. The van der Waals surface area contributed by atoms with Gasteiger partial charge in [-0.2, -0.15) is 0 Å². The van der Waals surface area contributed by atoms with Crippen LogP contribution in [0.1, 0.15) is 23.7 Å². The molecule has 0 aliphatic heterocycles. The molecule has 1 heterocycles. The highest BCUT2D eigenvalue weighted by Gasteiger charge is 2.33. The first-order valence-electron chi connectivity index (χ1n) is 4.92. The Hall–Kier alpha value is -1.42. The lowest BCUT2D eigenvalue weighted by atomic mass is 9.82. The molecule has 1 aliphatic carbocycles. The van der Waals surface area contributed by atoms with Crippen LogP contribution in [0.5, 0.6) is 0 Å². The molecular formula is C11H13NO3. The number of aromatic nitrogens is 1. The average molecular weight is 207 g/mol. The highest BCUT2D eigenvalue weighted by atomic mass is 16.5. The number of hydrogen-bond acceptors (Lipinski definition) is 4. The number of aliphatic hydroxyl groups excluding tert-OH is 1. The Labute approximate surface area is 87.9 Å². The molecule has 0 bridgehead atoms. The highest BCUT2D eigenvalue weighted by Crippen LogP contribution is 2.34. The summed E-state index contributed by atoms with van der Waals surface area (Å²) in [6.45, 7) is 0. The number of aryl methyl sites for hydroxylation is 1. The largest absolute Gasteiger partial charge is 0.469 e. The van der Waals surface area contributed by atoms with Gasteiger partial charge in [0.2, 0.25) is 0 Å². The molecule has 15 heavy (non-hydrogen) atoms. The van der Waals surface area contributed by atoms with E-state index in [1.165, 1.54) is 7.11 Å². The van der Waals surface area contributed by atoms with Crippen molar-refractivity contribution in [2.45, 2.75) is 18.9 Å². The summed E-state index contributed by atoms with van der Waals surface area (Å²) in [5.41, 5.74) is 1.82. The van der Waals surface area contributed by atoms with E-state index in [4.69, 9.17) is 0 Å². The predicted molar refractivity (Wildman–Crippen MR) is 53.0 cm³/mol. The number of fused-ring (bicyclic) bond motifs is 1. The highest BCUT2D eigenvalue weighted by molar-refractivity contribution is 5.73. The molecule has 1 N–H and O–H groups in total. The topological polar surface area (TPSA) is 59.4 Å². The number of aliphatic hydroxyl groups is 1. The summed E-state index contributed by atoms with van der Waals surface area (Å²) in [5.74, 6) is -0.783. The van der Waals surface area contributed by atoms with Gasteiger partial charge in [0.25, 0.3) is 0 Å². The normalized spacial score (nSPS) is 24.4. The van der Waals surface area contributed by atoms with Crippen LogP contribution in [0.4, 0.5) is 0 Å². The predicted octanol–water partition coefficient (Wildman–Crippen LogP) is 0.850. The Morgan fingerprint density at radius 1 is 1.67 bits per heavy atom. The van der Waals surface area contributed by atoms with Gasteiger partial charge in [-0.3, -0.25) is 9.78 Å². The van der Waals surface area contributed by atoms with E-state index in [0.717, 1.165) is 17.5 Å². The van der Waals surface area contributed by atoms with Crippen LogP contribution in [0, 0.1) is 5.92 Å². The van der Waals surface area contributed by atoms with Gasteiger partial charge < -0.3 is 9.84 Å². The third-order valence-corrected chi connectivity index (χ3v) is 2.87. The zero-order valence-electron chi connectivity index (χ0n) is 8.51. The minimum Gasteiger partial charge on any atom is -0.469 e. The van der Waals surface area contributed by atoms with Gasteiger partial charge in [0.05, 0.1) is 19.1 Å². The SMILES string of the molecule is COC(=O)C1CCc2cnccc2C1O. The fourth-order valence-corrected chi connectivity index (χ4v) is 2.02. The number of ether oxygens (including phenoxy) is 1. The zero-order valence-corrected chi connectivity index (χ0v) is 8.51. The van der Waals surface area contributed by atoms with E-state index in [9.17, 15) is 9.90 Å². The van der Waals surface area contributed by atoms with Crippen LogP contribution in [0.3, 0.4) is 0 Å². The molecule has 0 spiro atoms. The van der Waals surface area contributed by atoms with Gasteiger partial charge in [0.1, 0.15) is 0 Å². The summed E-state index contributed by atoms with van der Waals surface area (Å²) in [7, 11) is 1.34. The number of rotatable bonds is 1. The molecule has 2 atom stereocenters. The van der Waals surface area contributed by atoms with Crippen molar-refractivity contribution >= 4 is 5.97 Å². The summed E-state index contributed by atoms with van der Waals surface area (Å²) < 4.78 is 4.66. The van der Waals surface area contributed by atoms with Crippen molar-refractivity contribution < 1.29 is 14.6 Å². The summed E-state index contributed by atoms with van der Waals surface area (Å²) in [4.78, 5) is 15.4. The van der Waals surface area contributed by atoms with E-state index < -0.39 is 12.0 Å². The number of hydrogen-bond donors (Lipinski definition) is 1. The van der Waals surface area contributed by atoms with Crippen LogP contribution in [0.15, 0.2) is 18.5 Å². The monoisotopic (exact) mass is 207 g/mol. The molecule has 1 aromatic rings. The van der Waals surface area contributed by atoms with Gasteiger partial charge in [-0.05, 0) is 30.0 Å². The van der Waals surface area contributed by atoms with E-state index in [1.807, 2.05) is 0 Å². The summed E-state index contributed by atoms with van der Waals surface area (Å²) in [5, 5.41) is 9.99. The minimum atomic E-state index is -0.760. The van der Waals surface area contributed by atoms with Crippen molar-refractivity contribution in [2.75, 3.05) is 7.11 Å². The molecular weight excluding hydrogens is 194 g/mol. The lowest BCUT2D eigenvalue weighted by Crippen LogP contribution is -2.28. The van der Waals surface area contributed by atoms with Gasteiger partial charge in [-0.25, -0.2) is 0 Å². The summed E-state index contributed by atoms with van der Waals surface area (Å²) >= 11 is 0. The van der Waals surface area contributed by atoms with Crippen molar-refractivity contribution in [1.82, 2.24) is 4.98 Å². The van der Waals surface area contributed by atoms with Gasteiger partial charge in [-0.15, -0.1) is 0 Å². The Morgan fingerprint density at radius 3 is 3.20 bits per heavy atom. The molecule has 1 aliphatic rings. The second-order valence-electron chi connectivity index (χ2n) is 3.69. The molecule has 1 aromatic heterocycles. The lowest BCUT2D eigenvalue weighted by Gasteiger charge is -2.27. The number of methoxy groups -OCH3 is 1. The van der Waals surface area contributed by atoms with Crippen LogP contribution in [-0.2, 0) is 16.0 Å². The molecule has 0 radical (unpaired) electrons. The molecule has 2 rings (SSSR count). The van der Waals surface area contributed by atoms with Gasteiger partial charge in [0.15, 0.2) is 0 Å². The third kappa shape index (κ3) is 1.72. The average Bonchev–Trinajstić information content (AvgIpc) is 2.29. The molecule has 4 nitrogen and oxygen atoms in total. The van der Waals surface area contributed by atoms with Crippen molar-refractivity contribution in [2.24, 2.45) is 5.92 Å². The van der Waals surface area contributed by atoms with Crippen LogP contribution in [0.25, 0.3) is 0 Å². The fraction of sp³-hybridized carbons (Fsp3) is 0.455. The molecule has 80 valence electrons. The molecule has 0 saturated carbocycles. The van der Waals surface area contributed by atoms with Crippen LogP contribution >= 0.6 is 0 Å². The maximum Gasteiger partial charge on any atom is 0.311 e. The molecule has 0 saturated heterocycles. The third-order valence-electron chi connectivity index (χ3n) is 2.87. The van der Waals surface area contributed by atoms with E-state index >= 15 is 0 Å². The first kappa shape index (κ1) is 10.1. The standard InChI is InChI=1S/C11H13NO3/c1-15-11(14)9-3-2-7-6-12-5-4-8(7)10(9)13/h4-6,9-10,13H,2-3H2,1H3. The molecule has 4 heteroatoms. The molecule has 0 fully saturated rings. The first-order valence-corrected chi connectivity index (χ1v) is 4.92. The van der Waals surface area contributed by atoms with Gasteiger partial charge in [-0.1, -0.05) is 0 Å². The number of carbonyl (C=O) groups excluding carboxylic acids is 1. The van der Waals surface area contributed by atoms with Crippen LogP contribution in [0.2, 0.25) is 0 Å².